The Labute approximate surface area is 121 Å². The summed E-state index contributed by atoms with van der Waals surface area (Å²) < 4.78 is 11.3. The minimum absolute atomic E-state index is 0.0199. The predicted molar refractivity (Wildman–Crippen MR) is 81.4 cm³/mol. The molecule has 0 aliphatic heterocycles. The Morgan fingerprint density at radius 2 is 2.12 bits per heavy atom. The highest BCUT2D eigenvalue weighted by Gasteiger charge is 2.06. The van der Waals surface area contributed by atoms with Crippen LogP contribution in [0, 0.1) is 0 Å². The third-order valence-corrected chi connectivity index (χ3v) is 3.10. The summed E-state index contributed by atoms with van der Waals surface area (Å²) in [7, 11) is 4.00. The third kappa shape index (κ3) is 6.12. The fourth-order valence-corrected chi connectivity index (χ4v) is 2.30. The van der Waals surface area contributed by atoms with E-state index >= 15 is 0 Å². The first-order valence-electron chi connectivity index (χ1n) is 5.11. The molecule has 0 heterocycles. The summed E-state index contributed by atoms with van der Waals surface area (Å²) in [5.41, 5.74) is 2.40. The van der Waals surface area contributed by atoms with Crippen LogP contribution in [0.5, 0.6) is 0 Å². The quantitative estimate of drug-likeness (QED) is 0.688. The molecule has 1 unspecified atom stereocenters. The van der Waals surface area contributed by atoms with Crippen LogP contribution in [0.4, 0.5) is 0 Å². The molecule has 0 spiro atoms. The van der Waals surface area contributed by atoms with Crippen molar-refractivity contribution in [3.63, 3.8) is 0 Å². The molecule has 0 aliphatic carbocycles. The van der Waals surface area contributed by atoms with Crippen LogP contribution in [-0.2, 0) is 22.3 Å². The maximum atomic E-state index is 5.31. The lowest BCUT2D eigenvalue weighted by molar-refractivity contribution is 0.185. The first-order chi connectivity index (χ1) is 8.15. The van der Waals surface area contributed by atoms with Crippen LogP contribution in [0.3, 0.4) is 0 Å². The summed E-state index contributed by atoms with van der Waals surface area (Å²) in [4.78, 5) is 0. The van der Waals surface area contributed by atoms with Gasteiger partial charge in [0.15, 0.2) is 0 Å². The van der Waals surface area contributed by atoms with Gasteiger partial charge in [0.2, 0.25) is 0 Å². The van der Waals surface area contributed by atoms with E-state index in [1.165, 1.54) is 11.1 Å². The van der Waals surface area contributed by atoms with Gasteiger partial charge in [-0.2, -0.15) is 0 Å². The van der Waals surface area contributed by atoms with Crippen LogP contribution in [0.1, 0.15) is 11.1 Å². The second kappa shape index (κ2) is 8.39. The Hall–Kier alpha value is 0.270. The Bertz CT molecular complexity index is 379. The van der Waals surface area contributed by atoms with Gasteiger partial charge in [-0.1, -0.05) is 24.3 Å². The Balaban J connectivity index is 2.72. The van der Waals surface area contributed by atoms with E-state index in [9.17, 15) is 0 Å². The molecule has 0 bridgehead atoms. The molecule has 0 saturated heterocycles. The van der Waals surface area contributed by atoms with E-state index in [4.69, 9.17) is 9.26 Å². The van der Waals surface area contributed by atoms with E-state index < -0.39 is 0 Å². The van der Waals surface area contributed by atoms with Crippen molar-refractivity contribution in [2.75, 3.05) is 7.11 Å². The summed E-state index contributed by atoms with van der Waals surface area (Å²) >= 11 is 6.67. The lowest BCUT2D eigenvalue weighted by Gasteiger charge is -2.11. The van der Waals surface area contributed by atoms with Crippen molar-refractivity contribution >= 4 is 41.3 Å². The molecular weight excluding hydrogens is 367 g/mol. The summed E-state index contributed by atoms with van der Waals surface area (Å²) in [5.74, 6) is 0. The minimum atomic E-state index is 0.0199. The van der Waals surface area contributed by atoms with Crippen LogP contribution in [0.2, 0.25) is 0 Å². The number of rotatable bonds is 6. The number of hydrogen-bond acceptors (Lipinski definition) is 2. The molecule has 17 heavy (non-hydrogen) atoms. The topological polar surface area (TPSA) is 18.5 Å². The van der Waals surface area contributed by atoms with Crippen LogP contribution >= 0.6 is 41.3 Å². The van der Waals surface area contributed by atoms with Gasteiger partial charge >= 0.3 is 0 Å². The molecule has 1 rings (SSSR count). The summed E-state index contributed by atoms with van der Waals surface area (Å²) in [6.45, 7) is 0.637. The second-order valence-electron chi connectivity index (χ2n) is 3.59. The molecule has 0 amide bonds. The van der Waals surface area contributed by atoms with Crippen molar-refractivity contribution < 1.29 is 9.26 Å². The zero-order valence-electron chi connectivity index (χ0n) is 9.53. The smallest absolute Gasteiger partial charge is 0.0850 e. The zero-order valence-corrected chi connectivity index (χ0v) is 13.9. The highest BCUT2D eigenvalue weighted by Crippen LogP contribution is 2.19. The molecule has 2 atom stereocenters. The van der Waals surface area contributed by atoms with Crippen molar-refractivity contribution in [1.29, 1.82) is 0 Å². The van der Waals surface area contributed by atoms with Gasteiger partial charge in [0, 0.05) is 23.0 Å². The molecule has 0 aliphatic rings. The van der Waals surface area contributed by atoms with Crippen LogP contribution < -0.4 is 0 Å². The first kappa shape index (κ1) is 15.3. The van der Waals surface area contributed by atoms with Gasteiger partial charge in [-0.15, -0.1) is 0 Å². The maximum absolute atomic E-state index is 5.31. The molecule has 0 N–H and O–H groups in total. The van der Waals surface area contributed by atoms with E-state index in [0.717, 1.165) is 9.81 Å². The van der Waals surface area contributed by atoms with E-state index in [1.807, 2.05) is 12.1 Å². The molecule has 2 nitrogen and oxygen atoms in total. The van der Waals surface area contributed by atoms with E-state index in [0.29, 0.717) is 6.61 Å². The Morgan fingerprint density at radius 1 is 1.41 bits per heavy atom. The third-order valence-electron chi connectivity index (χ3n) is 2.23. The number of methoxy groups -OCH3 is 1. The van der Waals surface area contributed by atoms with Gasteiger partial charge in [-0.25, -0.2) is 0 Å². The summed E-state index contributed by atoms with van der Waals surface area (Å²) in [6, 6.07) is 8.32. The highest BCUT2D eigenvalue weighted by molar-refractivity contribution is 9.28. The fraction of sp³-hybridized carbons (Fsp3) is 0.333. The number of hydrogen-bond donors (Lipinski definition) is 0. The summed E-state index contributed by atoms with van der Waals surface area (Å²) in [6.07, 6.45) is 2.81. The van der Waals surface area contributed by atoms with Crippen LogP contribution in [-0.4, -0.2) is 13.2 Å². The van der Waals surface area contributed by atoms with Crippen molar-refractivity contribution in [3.8, 4) is 0 Å². The van der Waals surface area contributed by atoms with Gasteiger partial charge in [0.25, 0.3) is 0 Å². The van der Waals surface area contributed by atoms with Crippen molar-refractivity contribution in [1.82, 2.24) is 0 Å². The first-order valence-corrected chi connectivity index (χ1v) is 7.16. The van der Waals surface area contributed by atoms with Crippen LogP contribution in [0.15, 0.2) is 33.7 Å². The summed E-state index contributed by atoms with van der Waals surface area (Å²) in [5, 5.41) is 0. The number of ether oxygens (including phenoxy) is 1. The normalized spacial score (nSPS) is 12.2. The standard InChI is InChI=1S/C12H15Br2O2P/c1-15-8-10-4-2-3-9(5-10)6-11(16-17)7-12(13)14/h2-5,7,11H,6,8,17H2,1H3/t11-/m0/s1. The van der Waals surface area contributed by atoms with Crippen molar-refractivity contribution in [2.24, 2.45) is 0 Å². The second-order valence-corrected chi connectivity index (χ2v) is 6.63. The molecule has 0 aromatic heterocycles. The molecule has 0 saturated carbocycles. The minimum Gasteiger partial charge on any atom is -0.380 e. The molecule has 0 fully saturated rings. The number of halogens is 2. The molecular formula is C12H15Br2O2P. The molecule has 94 valence electrons. The largest absolute Gasteiger partial charge is 0.380 e. The molecule has 1 aromatic carbocycles. The molecule has 5 heteroatoms. The average Bonchev–Trinajstić information content (AvgIpc) is 2.28. The molecule has 1 aromatic rings. The van der Waals surface area contributed by atoms with Gasteiger partial charge in [-0.05, 0) is 49.1 Å². The average molecular weight is 382 g/mol. The predicted octanol–water partition coefficient (Wildman–Crippen LogP) is 4.18. The fourth-order valence-electron chi connectivity index (χ4n) is 1.53. The zero-order chi connectivity index (χ0) is 12.7. The van der Waals surface area contributed by atoms with Crippen molar-refractivity contribution in [3.05, 3.63) is 44.9 Å². The SMILES string of the molecule is COCc1cccc(C[C@@H](C=C(Br)Br)OP)c1. The monoisotopic (exact) mass is 380 g/mol. The van der Waals surface area contributed by atoms with Gasteiger partial charge in [-0.3, -0.25) is 0 Å². The van der Waals surface area contributed by atoms with E-state index in [2.05, 4.69) is 59.5 Å². The van der Waals surface area contributed by atoms with Crippen LogP contribution in [0.25, 0.3) is 0 Å². The maximum Gasteiger partial charge on any atom is 0.0850 e. The highest BCUT2D eigenvalue weighted by atomic mass is 79.9. The number of benzene rings is 1. The van der Waals surface area contributed by atoms with E-state index in [-0.39, 0.29) is 6.10 Å². The Kier molecular flexibility index (Phi) is 7.56. The van der Waals surface area contributed by atoms with Gasteiger partial charge in [0.1, 0.15) is 0 Å². The van der Waals surface area contributed by atoms with Gasteiger partial charge < -0.3 is 9.26 Å². The van der Waals surface area contributed by atoms with E-state index in [1.54, 1.807) is 7.11 Å². The Morgan fingerprint density at radius 3 is 2.71 bits per heavy atom. The lowest BCUT2D eigenvalue weighted by atomic mass is 10.1. The lowest BCUT2D eigenvalue weighted by Crippen LogP contribution is -2.08. The van der Waals surface area contributed by atoms with Crippen molar-refractivity contribution in [2.45, 2.75) is 19.1 Å². The van der Waals surface area contributed by atoms with Gasteiger partial charge in [0.05, 0.1) is 16.1 Å². The molecule has 0 radical (unpaired) electrons.